The van der Waals surface area contributed by atoms with Crippen LogP contribution in [-0.2, 0) is 4.79 Å². The Kier molecular flexibility index (Phi) is 5.71. The minimum atomic E-state index is -0.215. The van der Waals surface area contributed by atoms with Crippen molar-refractivity contribution in [1.29, 1.82) is 0 Å². The lowest BCUT2D eigenvalue weighted by Gasteiger charge is -2.43. The van der Waals surface area contributed by atoms with Crippen molar-refractivity contribution >= 4 is 23.2 Å². The number of para-hydroxylation sites is 1. The molecule has 0 aliphatic carbocycles. The number of carbonyl (C=O) groups is 2. The first-order chi connectivity index (χ1) is 15.0. The molecule has 6 nitrogen and oxygen atoms in total. The number of ether oxygens (including phenoxy) is 1. The van der Waals surface area contributed by atoms with Crippen molar-refractivity contribution in [3.8, 4) is 5.75 Å². The summed E-state index contributed by atoms with van der Waals surface area (Å²) in [6.07, 6.45) is 4.04. The van der Waals surface area contributed by atoms with Crippen LogP contribution in [0.4, 0.5) is 11.4 Å². The highest BCUT2D eigenvalue weighted by atomic mass is 16.5. The molecule has 0 saturated carbocycles. The predicted molar refractivity (Wildman–Crippen MR) is 120 cm³/mol. The van der Waals surface area contributed by atoms with E-state index in [1.165, 1.54) is 0 Å². The van der Waals surface area contributed by atoms with Crippen molar-refractivity contribution in [3.63, 3.8) is 0 Å². The van der Waals surface area contributed by atoms with Crippen LogP contribution in [0.2, 0.25) is 0 Å². The van der Waals surface area contributed by atoms with Gasteiger partial charge in [-0.2, -0.15) is 0 Å². The van der Waals surface area contributed by atoms with Crippen LogP contribution in [0, 0.1) is 0 Å². The third kappa shape index (κ3) is 3.89. The summed E-state index contributed by atoms with van der Waals surface area (Å²) in [6, 6.07) is 18.3. The molecule has 0 radical (unpaired) electrons. The Morgan fingerprint density at radius 2 is 1.87 bits per heavy atom. The molecule has 0 bridgehead atoms. The molecular weight excluding hydrogens is 390 g/mol. The molecule has 0 saturated heterocycles. The van der Waals surface area contributed by atoms with Gasteiger partial charge in [-0.05, 0) is 49.7 Å². The van der Waals surface area contributed by atoms with Crippen molar-refractivity contribution < 1.29 is 14.3 Å². The number of rotatable bonds is 4. The lowest BCUT2D eigenvalue weighted by atomic mass is 9.90. The van der Waals surface area contributed by atoms with Crippen LogP contribution in [0.1, 0.15) is 42.2 Å². The van der Waals surface area contributed by atoms with Crippen molar-refractivity contribution in [3.05, 3.63) is 84.2 Å². The molecule has 0 spiro atoms. The summed E-state index contributed by atoms with van der Waals surface area (Å²) in [4.78, 5) is 34.1. The SMILES string of the molecule is COc1cccc(C(=O)N2c3ccncc3C(N(C(C)=O)c3ccccc3)CC2C)c1. The van der Waals surface area contributed by atoms with Crippen LogP contribution in [-0.4, -0.2) is 29.9 Å². The Morgan fingerprint density at radius 1 is 1.10 bits per heavy atom. The maximum absolute atomic E-state index is 13.5. The molecule has 2 amide bonds. The van der Waals surface area contributed by atoms with Gasteiger partial charge in [-0.25, -0.2) is 0 Å². The van der Waals surface area contributed by atoms with Gasteiger partial charge >= 0.3 is 0 Å². The number of methoxy groups -OCH3 is 1. The largest absolute Gasteiger partial charge is 0.497 e. The average Bonchev–Trinajstić information content (AvgIpc) is 2.79. The van der Waals surface area contributed by atoms with Crippen LogP contribution < -0.4 is 14.5 Å². The maximum Gasteiger partial charge on any atom is 0.258 e. The Bertz CT molecular complexity index is 1100. The van der Waals surface area contributed by atoms with Crippen LogP contribution in [0.25, 0.3) is 0 Å². The van der Waals surface area contributed by atoms with Gasteiger partial charge in [0.15, 0.2) is 0 Å². The molecule has 2 atom stereocenters. The standard InChI is InChI=1S/C25H25N3O3/c1-17-14-24(28(18(2)29)20-9-5-4-6-10-20)22-16-26-13-12-23(22)27(17)25(30)19-8-7-11-21(15-19)31-3/h4-13,15-17,24H,14H2,1-3H3. The predicted octanol–water partition coefficient (Wildman–Crippen LogP) is 4.62. The number of benzene rings is 2. The van der Waals surface area contributed by atoms with E-state index in [0.29, 0.717) is 17.7 Å². The summed E-state index contributed by atoms with van der Waals surface area (Å²) in [6.45, 7) is 3.58. The van der Waals surface area contributed by atoms with E-state index in [2.05, 4.69) is 4.98 Å². The number of carbonyl (C=O) groups excluding carboxylic acids is 2. The van der Waals surface area contributed by atoms with Gasteiger partial charge in [-0.15, -0.1) is 0 Å². The minimum absolute atomic E-state index is 0.0502. The second-order valence-corrected chi connectivity index (χ2v) is 7.67. The topological polar surface area (TPSA) is 62.7 Å². The molecule has 4 rings (SSSR count). The first-order valence-corrected chi connectivity index (χ1v) is 10.3. The number of amides is 2. The Balaban J connectivity index is 1.77. The van der Waals surface area contributed by atoms with Gasteiger partial charge < -0.3 is 14.5 Å². The monoisotopic (exact) mass is 415 g/mol. The summed E-state index contributed by atoms with van der Waals surface area (Å²) in [5.41, 5.74) is 3.01. The zero-order valence-electron chi connectivity index (χ0n) is 17.9. The van der Waals surface area contributed by atoms with E-state index in [9.17, 15) is 9.59 Å². The summed E-state index contributed by atoms with van der Waals surface area (Å²) in [5.74, 6) is 0.479. The highest BCUT2D eigenvalue weighted by Gasteiger charge is 2.38. The number of hydrogen-bond donors (Lipinski definition) is 0. The maximum atomic E-state index is 13.5. The molecule has 1 aliphatic heterocycles. The highest BCUT2D eigenvalue weighted by Crippen LogP contribution is 2.42. The van der Waals surface area contributed by atoms with E-state index in [-0.39, 0.29) is 23.9 Å². The third-order valence-electron chi connectivity index (χ3n) is 5.67. The van der Waals surface area contributed by atoms with Crippen LogP contribution in [0.15, 0.2) is 73.1 Å². The summed E-state index contributed by atoms with van der Waals surface area (Å²) < 4.78 is 5.29. The summed E-state index contributed by atoms with van der Waals surface area (Å²) >= 11 is 0. The Labute approximate surface area is 182 Å². The molecule has 31 heavy (non-hydrogen) atoms. The van der Waals surface area contributed by atoms with E-state index in [1.807, 2.05) is 55.5 Å². The molecule has 1 aromatic heterocycles. The zero-order chi connectivity index (χ0) is 22.0. The second-order valence-electron chi connectivity index (χ2n) is 7.67. The van der Waals surface area contributed by atoms with Gasteiger partial charge in [0.1, 0.15) is 5.75 Å². The number of pyridine rings is 1. The van der Waals surface area contributed by atoms with Gasteiger partial charge in [-0.3, -0.25) is 14.6 Å². The van der Waals surface area contributed by atoms with Gasteiger partial charge in [0.05, 0.1) is 18.8 Å². The first kappa shape index (κ1) is 20.6. The highest BCUT2D eigenvalue weighted by molar-refractivity contribution is 6.07. The van der Waals surface area contributed by atoms with Gasteiger partial charge in [-0.1, -0.05) is 24.3 Å². The van der Waals surface area contributed by atoms with E-state index in [4.69, 9.17) is 4.74 Å². The normalized spacial score (nSPS) is 17.6. The van der Waals surface area contributed by atoms with Crippen LogP contribution >= 0.6 is 0 Å². The third-order valence-corrected chi connectivity index (χ3v) is 5.67. The fourth-order valence-corrected chi connectivity index (χ4v) is 4.29. The van der Waals surface area contributed by atoms with Crippen molar-refractivity contribution in [2.24, 2.45) is 0 Å². The molecule has 0 N–H and O–H groups in total. The van der Waals surface area contributed by atoms with Crippen molar-refractivity contribution in [1.82, 2.24) is 4.98 Å². The Morgan fingerprint density at radius 3 is 2.58 bits per heavy atom. The molecule has 1 aliphatic rings. The average molecular weight is 415 g/mol. The van der Waals surface area contributed by atoms with Gasteiger partial charge in [0, 0.05) is 42.2 Å². The second kappa shape index (κ2) is 8.60. The van der Waals surface area contributed by atoms with Crippen LogP contribution in [0.5, 0.6) is 5.75 Å². The molecule has 6 heteroatoms. The van der Waals surface area contributed by atoms with E-state index in [1.54, 1.807) is 48.4 Å². The summed E-state index contributed by atoms with van der Waals surface area (Å²) in [7, 11) is 1.58. The zero-order valence-corrected chi connectivity index (χ0v) is 17.9. The number of fused-ring (bicyclic) bond motifs is 1. The quantitative estimate of drug-likeness (QED) is 0.624. The molecule has 2 aromatic carbocycles. The Hall–Kier alpha value is -3.67. The summed E-state index contributed by atoms with van der Waals surface area (Å²) in [5, 5.41) is 0. The number of anilines is 2. The molecule has 2 heterocycles. The van der Waals surface area contributed by atoms with Crippen molar-refractivity contribution in [2.75, 3.05) is 16.9 Å². The molecule has 0 fully saturated rings. The fourth-order valence-electron chi connectivity index (χ4n) is 4.29. The molecule has 158 valence electrons. The molecule has 2 unspecified atom stereocenters. The van der Waals surface area contributed by atoms with E-state index in [0.717, 1.165) is 16.9 Å². The van der Waals surface area contributed by atoms with E-state index >= 15 is 0 Å². The van der Waals surface area contributed by atoms with Crippen molar-refractivity contribution in [2.45, 2.75) is 32.4 Å². The number of aromatic nitrogens is 1. The van der Waals surface area contributed by atoms with Gasteiger partial charge in [0.2, 0.25) is 5.91 Å². The smallest absolute Gasteiger partial charge is 0.258 e. The van der Waals surface area contributed by atoms with Crippen LogP contribution in [0.3, 0.4) is 0 Å². The first-order valence-electron chi connectivity index (χ1n) is 10.3. The minimum Gasteiger partial charge on any atom is -0.497 e. The molecule has 3 aromatic rings. The lowest BCUT2D eigenvalue weighted by molar-refractivity contribution is -0.117. The number of nitrogens with zero attached hydrogens (tertiary/aromatic N) is 3. The van der Waals surface area contributed by atoms with Gasteiger partial charge in [0.25, 0.3) is 5.91 Å². The number of hydrogen-bond acceptors (Lipinski definition) is 4. The lowest BCUT2D eigenvalue weighted by Crippen LogP contribution is -2.47. The molecular formula is C25H25N3O3. The fraction of sp³-hybridized carbons (Fsp3) is 0.240. The van der Waals surface area contributed by atoms with E-state index < -0.39 is 0 Å².